The van der Waals surface area contributed by atoms with Crippen LogP contribution >= 0.6 is 0 Å². The number of hydrogen-bond acceptors (Lipinski definition) is 2. The Morgan fingerprint density at radius 1 is 0.743 bits per heavy atom. The van der Waals surface area contributed by atoms with Crippen LogP contribution in [0.25, 0.3) is 0 Å². The number of nitrogens with zero attached hydrogens (tertiary/aromatic N) is 1. The van der Waals surface area contributed by atoms with E-state index >= 15 is 0 Å². The van der Waals surface area contributed by atoms with Crippen LogP contribution in [0.15, 0.2) is 24.3 Å². The zero-order valence-electron chi connectivity index (χ0n) is 20.8. The van der Waals surface area contributed by atoms with Gasteiger partial charge < -0.3 is 10.2 Å². The minimum atomic E-state index is -0.286. The van der Waals surface area contributed by atoms with Gasteiger partial charge in [-0.25, -0.2) is 4.39 Å². The minimum absolute atomic E-state index is 0.167. The molecule has 2 amide bonds. The maximum atomic E-state index is 14.2. The van der Waals surface area contributed by atoms with Gasteiger partial charge in [0.25, 0.3) is 0 Å². The molecule has 0 heterocycles. The van der Waals surface area contributed by atoms with Gasteiger partial charge in [0.1, 0.15) is 5.82 Å². The highest BCUT2D eigenvalue weighted by molar-refractivity contribution is 5.98. The maximum Gasteiger partial charge on any atom is 0.233 e. The average molecular weight is 479 g/mol. The molecule has 8 fully saturated rings. The molecule has 0 atom stereocenters. The summed E-state index contributed by atoms with van der Waals surface area (Å²) >= 11 is 0. The lowest BCUT2D eigenvalue weighted by molar-refractivity contribution is -0.146. The summed E-state index contributed by atoms with van der Waals surface area (Å²) < 4.78 is 13.7. The van der Waals surface area contributed by atoms with Gasteiger partial charge >= 0.3 is 0 Å². The number of benzene rings is 1. The molecule has 0 unspecified atom stereocenters. The zero-order valence-corrected chi connectivity index (χ0v) is 20.8. The quantitative estimate of drug-likeness (QED) is 0.570. The molecular weight excluding hydrogens is 439 g/mol. The SMILES string of the molecule is O=C(NCCN(C(=O)C12CC3CC(CC(C3)C1)C2)c1ccc(F)cc1)C12CC3CC(CC(C3)C1)C2. The van der Waals surface area contributed by atoms with Crippen molar-refractivity contribution >= 4 is 17.5 Å². The molecule has 4 nitrogen and oxygen atoms in total. The first kappa shape index (κ1) is 22.3. The van der Waals surface area contributed by atoms with Crippen LogP contribution in [0.5, 0.6) is 0 Å². The highest BCUT2D eigenvalue weighted by Gasteiger charge is 2.56. The molecule has 0 aliphatic heterocycles. The third-order valence-corrected chi connectivity index (χ3v) is 11.0. The molecule has 8 aliphatic rings. The van der Waals surface area contributed by atoms with Gasteiger partial charge in [-0.3, -0.25) is 9.59 Å². The molecule has 0 aromatic heterocycles. The zero-order chi connectivity index (χ0) is 23.8. The Balaban J connectivity index is 1.08. The molecule has 8 saturated carbocycles. The number of carbonyl (C=O) groups is 2. The Bertz CT molecular complexity index is 947. The second-order valence-electron chi connectivity index (χ2n) is 13.6. The van der Waals surface area contributed by atoms with E-state index in [2.05, 4.69) is 5.32 Å². The third kappa shape index (κ3) is 3.74. The molecule has 1 aromatic rings. The molecule has 1 N–H and O–H groups in total. The molecule has 35 heavy (non-hydrogen) atoms. The Labute approximate surface area is 208 Å². The summed E-state index contributed by atoms with van der Waals surface area (Å²) in [4.78, 5) is 29.6. The van der Waals surface area contributed by atoms with E-state index in [0.717, 1.165) is 62.0 Å². The summed E-state index contributed by atoms with van der Waals surface area (Å²) in [6.45, 7) is 0.931. The molecule has 5 heteroatoms. The summed E-state index contributed by atoms with van der Waals surface area (Å²) in [5.41, 5.74) is 0.336. The van der Waals surface area contributed by atoms with Crippen molar-refractivity contribution in [2.75, 3.05) is 18.0 Å². The molecule has 188 valence electrons. The van der Waals surface area contributed by atoms with Crippen molar-refractivity contribution in [1.82, 2.24) is 5.32 Å². The van der Waals surface area contributed by atoms with Gasteiger partial charge in [0.2, 0.25) is 11.8 Å². The molecule has 0 saturated heterocycles. The third-order valence-electron chi connectivity index (χ3n) is 11.0. The van der Waals surface area contributed by atoms with E-state index in [0.29, 0.717) is 30.8 Å². The molecule has 8 aliphatic carbocycles. The Morgan fingerprint density at radius 2 is 1.17 bits per heavy atom. The summed E-state index contributed by atoms with van der Waals surface area (Å²) in [6.07, 6.45) is 14.0. The van der Waals surface area contributed by atoms with Crippen molar-refractivity contribution < 1.29 is 14.0 Å². The van der Waals surface area contributed by atoms with Crippen molar-refractivity contribution in [3.05, 3.63) is 30.1 Å². The van der Waals surface area contributed by atoms with E-state index in [1.165, 1.54) is 50.7 Å². The van der Waals surface area contributed by atoms with E-state index in [4.69, 9.17) is 0 Å². The van der Waals surface area contributed by atoms with E-state index in [9.17, 15) is 14.0 Å². The number of amides is 2. The highest BCUT2D eigenvalue weighted by Crippen LogP contribution is 2.61. The van der Waals surface area contributed by atoms with Gasteiger partial charge in [-0.05, 0) is 137 Å². The topological polar surface area (TPSA) is 49.4 Å². The van der Waals surface area contributed by atoms with Crippen molar-refractivity contribution in [2.24, 2.45) is 46.3 Å². The first-order valence-corrected chi connectivity index (χ1v) is 14.3. The van der Waals surface area contributed by atoms with Gasteiger partial charge in [-0.1, -0.05) is 0 Å². The van der Waals surface area contributed by atoms with Crippen LogP contribution in [0, 0.1) is 52.2 Å². The largest absolute Gasteiger partial charge is 0.354 e. The molecule has 8 bridgehead atoms. The Hall–Kier alpha value is -1.91. The van der Waals surface area contributed by atoms with Crippen LogP contribution in [0.1, 0.15) is 77.0 Å². The summed E-state index contributed by atoms with van der Waals surface area (Å²) in [7, 11) is 0. The van der Waals surface area contributed by atoms with Crippen LogP contribution in [0.4, 0.5) is 10.1 Å². The predicted octanol–water partition coefficient (Wildman–Crippen LogP) is 5.71. The first-order chi connectivity index (χ1) is 16.9. The van der Waals surface area contributed by atoms with Crippen LogP contribution in [0.2, 0.25) is 0 Å². The number of carbonyl (C=O) groups excluding carboxylic acids is 2. The lowest BCUT2D eigenvalue weighted by Crippen LogP contribution is -2.56. The summed E-state index contributed by atoms with van der Waals surface area (Å²) in [5.74, 6) is 4.43. The normalized spacial score (nSPS) is 42.3. The van der Waals surface area contributed by atoms with E-state index < -0.39 is 0 Å². The summed E-state index contributed by atoms with van der Waals surface area (Å²) in [6, 6.07) is 6.36. The van der Waals surface area contributed by atoms with Crippen LogP contribution in [-0.4, -0.2) is 24.9 Å². The van der Waals surface area contributed by atoms with Crippen molar-refractivity contribution in [2.45, 2.75) is 77.0 Å². The van der Waals surface area contributed by atoms with Crippen molar-refractivity contribution in [1.29, 1.82) is 0 Å². The standard InChI is InChI=1S/C30H39FN2O2/c31-25-1-3-26(4-2-25)33(28(35)30-16-22-10-23(17-30)12-24(11-22)18-30)6-5-32-27(34)29-13-19-7-20(14-29)9-21(8-19)15-29/h1-4,19-24H,5-18H2,(H,32,34). The Morgan fingerprint density at radius 3 is 1.63 bits per heavy atom. The fraction of sp³-hybridized carbons (Fsp3) is 0.733. The fourth-order valence-electron chi connectivity index (χ4n) is 10.5. The molecule has 1 aromatic carbocycles. The van der Waals surface area contributed by atoms with Gasteiger partial charge in [0.05, 0.1) is 5.41 Å². The van der Waals surface area contributed by atoms with Gasteiger partial charge in [-0.2, -0.15) is 0 Å². The minimum Gasteiger partial charge on any atom is -0.354 e. The number of nitrogens with one attached hydrogen (secondary N) is 1. The van der Waals surface area contributed by atoms with Gasteiger partial charge in [0, 0.05) is 24.2 Å². The fourth-order valence-corrected chi connectivity index (χ4v) is 10.5. The monoisotopic (exact) mass is 478 g/mol. The second-order valence-corrected chi connectivity index (χ2v) is 13.6. The van der Waals surface area contributed by atoms with E-state index in [-0.39, 0.29) is 28.5 Å². The second kappa shape index (κ2) is 8.05. The average Bonchev–Trinajstić information content (AvgIpc) is 2.80. The molecule has 9 rings (SSSR count). The molecule has 0 spiro atoms. The highest BCUT2D eigenvalue weighted by atomic mass is 19.1. The van der Waals surface area contributed by atoms with Crippen LogP contribution < -0.4 is 10.2 Å². The van der Waals surface area contributed by atoms with Crippen molar-refractivity contribution in [3.63, 3.8) is 0 Å². The van der Waals surface area contributed by atoms with Gasteiger partial charge in [0.15, 0.2) is 0 Å². The first-order valence-electron chi connectivity index (χ1n) is 14.3. The van der Waals surface area contributed by atoms with E-state index in [1.807, 2.05) is 4.90 Å². The number of anilines is 1. The predicted molar refractivity (Wildman–Crippen MR) is 133 cm³/mol. The van der Waals surface area contributed by atoms with Crippen LogP contribution in [0.3, 0.4) is 0 Å². The maximum absolute atomic E-state index is 14.2. The number of hydrogen-bond donors (Lipinski definition) is 1. The van der Waals surface area contributed by atoms with Crippen molar-refractivity contribution in [3.8, 4) is 0 Å². The van der Waals surface area contributed by atoms with E-state index in [1.54, 1.807) is 12.1 Å². The summed E-state index contributed by atoms with van der Waals surface area (Å²) in [5, 5.41) is 3.27. The van der Waals surface area contributed by atoms with Gasteiger partial charge in [-0.15, -0.1) is 0 Å². The lowest BCUT2D eigenvalue weighted by Gasteiger charge is -2.56. The molecular formula is C30H39FN2O2. The Kier molecular flexibility index (Phi) is 5.13. The van der Waals surface area contributed by atoms with Crippen LogP contribution in [-0.2, 0) is 9.59 Å². The number of halogens is 1. The lowest BCUT2D eigenvalue weighted by atomic mass is 9.49. The molecule has 0 radical (unpaired) electrons. The number of rotatable bonds is 6. The smallest absolute Gasteiger partial charge is 0.233 e.